The smallest absolute Gasteiger partial charge is 0.309 e. The summed E-state index contributed by atoms with van der Waals surface area (Å²) in [6, 6.07) is 14.0. The highest BCUT2D eigenvalue weighted by Crippen LogP contribution is 2.65. The van der Waals surface area contributed by atoms with Crippen molar-refractivity contribution in [3.05, 3.63) is 77.6 Å². The van der Waals surface area contributed by atoms with Crippen molar-refractivity contribution in [1.82, 2.24) is 0 Å². The Morgan fingerprint density at radius 2 is 1.93 bits per heavy atom. The van der Waals surface area contributed by atoms with Crippen LogP contribution in [-0.2, 0) is 14.3 Å². The molecule has 3 atom stereocenters. The lowest BCUT2D eigenvalue weighted by Crippen LogP contribution is -2.30. The predicted octanol–water partition coefficient (Wildman–Crippen LogP) is 6.56. The monoisotopic (exact) mass is 581 g/mol. The minimum Gasteiger partial charge on any atom is -0.497 e. The summed E-state index contributed by atoms with van der Waals surface area (Å²) in [5.41, 5.74) is 5.74. The summed E-state index contributed by atoms with van der Waals surface area (Å²) in [5.74, 6) is 2.06. The summed E-state index contributed by atoms with van der Waals surface area (Å²) in [6.45, 7) is 3.79. The molecule has 3 heterocycles. The van der Waals surface area contributed by atoms with Gasteiger partial charge in [-0.05, 0) is 98.4 Å². The van der Waals surface area contributed by atoms with Crippen LogP contribution in [0.15, 0.2) is 70.9 Å². The van der Waals surface area contributed by atoms with E-state index in [9.17, 15) is 9.59 Å². The number of Topliss-reactive ketones (excluding diaryl/α,β-unsaturated/α-hetero) is 1. The number of cyclic esters (lactones) is 1. The van der Waals surface area contributed by atoms with Gasteiger partial charge in [0.05, 0.1) is 30.8 Å². The number of anilines is 1. The number of allylic oxidation sites excluding steroid dienone is 2. The number of unbranched alkanes of at least 4 members (excludes halogenated alkanes) is 1. The summed E-state index contributed by atoms with van der Waals surface area (Å²) in [5, 5.41) is 3.50. The van der Waals surface area contributed by atoms with Gasteiger partial charge in [0.1, 0.15) is 5.75 Å². The van der Waals surface area contributed by atoms with Gasteiger partial charge in [0.15, 0.2) is 11.6 Å². The zero-order chi connectivity index (χ0) is 29.8. The molecule has 0 amide bonds. The van der Waals surface area contributed by atoms with Crippen LogP contribution < -0.4 is 10.1 Å². The Hall–Kier alpha value is -4.04. The van der Waals surface area contributed by atoms with E-state index in [0.717, 1.165) is 78.2 Å². The first-order chi connectivity index (χ1) is 21.0. The number of ether oxygens (including phenoxy) is 3. The van der Waals surface area contributed by atoms with Gasteiger partial charge in [-0.25, -0.2) is 4.99 Å². The summed E-state index contributed by atoms with van der Waals surface area (Å²) in [4.78, 5) is 34.1. The third kappa shape index (κ3) is 6.07. The fraction of sp³-hybridized carbons (Fsp3) is 0.429. The second-order valence-electron chi connectivity index (χ2n) is 11.8. The SMILES string of the molecule is COc1ccc(C2=CN=C3C(Nc4ccc(C(=O)CCCCOCCCC5CCOC5=O)c(C)c4)=NC=CC4CC234)cc1. The Kier molecular flexibility index (Phi) is 8.56. The van der Waals surface area contributed by atoms with Crippen molar-refractivity contribution in [1.29, 1.82) is 0 Å². The lowest BCUT2D eigenvalue weighted by atomic mass is 9.85. The average Bonchev–Trinajstić information content (AvgIpc) is 3.42. The molecule has 3 aliphatic heterocycles. The van der Waals surface area contributed by atoms with Crippen LogP contribution in [-0.4, -0.2) is 50.2 Å². The molecular formula is C35H39N3O5. The van der Waals surface area contributed by atoms with Crippen molar-refractivity contribution in [3.63, 3.8) is 0 Å². The van der Waals surface area contributed by atoms with Crippen LogP contribution in [0.3, 0.4) is 0 Å². The van der Waals surface area contributed by atoms with E-state index in [1.54, 1.807) is 7.11 Å². The molecule has 43 heavy (non-hydrogen) atoms. The number of methoxy groups -OCH3 is 1. The third-order valence-electron chi connectivity index (χ3n) is 9.01. The maximum absolute atomic E-state index is 13.0. The van der Waals surface area contributed by atoms with Crippen molar-refractivity contribution < 1.29 is 23.8 Å². The van der Waals surface area contributed by atoms with Crippen LogP contribution in [0.2, 0.25) is 0 Å². The first-order valence-electron chi connectivity index (χ1n) is 15.3. The van der Waals surface area contributed by atoms with Crippen molar-refractivity contribution in [2.75, 3.05) is 32.2 Å². The van der Waals surface area contributed by atoms with E-state index in [2.05, 4.69) is 23.5 Å². The number of esters is 1. The molecule has 1 saturated heterocycles. The number of hydrogen-bond donors (Lipinski definition) is 1. The molecule has 0 bridgehead atoms. The van der Waals surface area contributed by atoms with Crippen molar-refractivity contribution in [3.8, 4) is 5.75 Å². The molecule has 1 aliphatic carbocycles. The second kappa shape index (κ2) is 12.7. The van der Waals surface area contributed by atoms with Gasteiger partial charge >= 0.3 is 5.97 Å². The number of rotatable bonds is 13. The third-order valence-corrected chi connectivity index (χ3v) is 9.01. The molecule has 8 nitrogen and oxygen atoms in total. The highest BCUT2D eigenvalue weighted by molar-refractivity contribution is 6.51. The van der Waals surface area contributed by atoms with E-state index in [1.165, 1.54) is 5.57 Å². The van der Waals surface area contributed by atoms with Crippen molar-refractivity contribution >= 4 is 34.6 Å². The number of amidine groups is 1. The van der Waals surface area contributed by atoms with Gasteiger partial charge in [-0.3, -0.25) is 14.6 Å². The predicted molar refractivity (Wildman–Crippen MR) is 168 cm³/mol. The molecular weight excluding hydrogens is 542 g/mol. The molecule has 6 rings (SSSR count). The van der Waals surface area contributed by atoms with Crippen LogP contribution in [0.5, 0.6) is 5.75 Å². The number of aliphatic imine (C=N–C) groups is 2. The van der Waals surface area contributed by atoms with E-state index in [0.29, 0.717) is 32.2 Å². The van der Waals surface area contributed by atoms with Gasteiger partial charge in [0, 0.05) is 43.3 Å². The van der Waals surface area contributed by atoms with Gasteiger partial charge in [-0.1, -0.05) is 18.2 Å². The summed E-state index contributed by atoms with van der Waals surface area (Å²) >= 11 is 0. The average molecular weight is 582 g/mol. The number of carbonyl (C=O) groups is 2. The van der Waals surface area contributed by atoms with Gasteiger partial charge in [0.2, 0.25) is 0 Å². The van der Waals surface area contributed by atoms with E-state index in [1.807, 2.05) is 49.7 Å². The van der Waals surface area contributed by atoms with Gasteiger partial charge in [0.25, 0.3) is 0 Å². The van der Waals surface area contributed by atoms with Crippen molar-refractivity contribution in [2.24, 2.45) is 27.2 Å². The molecule has 2 aromatic carbocycles. The molecule has 3 unspecified atom stereocenters. The number of carbonyl (C=O) groups excluding carboxylic acids is 2. The Bertz CT molecular complexity index is 1510. The minimum atomic E-state index is -0.161. The summed E-state index contributed by atoms with van der Waals surface area (Å²) < 4.78 is 16.1. The maximum atomic E-state index is 13.0. The highest BCUT2D eigenvalue weighted by Gasteiger charge is 2.62. The van der Waals surface area contributed by atoms with E-state index < -0.39 is 0 Å². The molecule has 1 N–H and O–H groups in total. The number of aryl methyl sites for hydroxylation is 1. The summed E-state index contributed by atoms with van der Waals surface area (Å²) in [6.07, 6.45) is 11.7. The van der Waals surface area contributed by atoms with Crippen LogP contribution in [0, 0.1) is 24.2 Å². The first-order valence-corrected chi connectivity index (χ1v) is 15.3. The summed E-state index contributed by atoms with van der Waals surface area (Å²) in [7, 11) is 1.68. The Balaban J connectivity index is 0.991. The van der Waals surface area contributed by atoms with E-state index in [-0.39, 0.29) is 23.1 Å². The Morgan fingerprint density at radius 1 is 1.09 bits per heavy atom. The molecule has 4 aliphatic rings. The zero-order valence-electron chi connectivity index (χ0n) is 24.9. The standard InChI is InChI=1S/C35H39N3O5/c1-23-20-27(10-13-29(23)31(39)7-3-4-17-42-18-5-6-25-15-19-43-34(25)40)38-33-32-35(21-26(35)14-16-36-33)30(22-37-32)24-8-11-28(41-2)12-9-24/h8-14,16,20,22,25-26H,3-7,15,17-19,21H2,1-2H3,(H,36,38). The molecule has 0 aromatic heterocycles. The number of nitrogens with one attached hydrogen (secondary N) is 1. The van der Waals surface area contributed by atoms with E-state index >= 15 is 0 Å². The number of nitrogens with zero attached hydrogens (tertiary/aromatic N) is 2. The van der Waals surface area contributed by atoms with Gasteiger partial charge < -0.3 is 19.5 Å². The topological polar surface area (TPSA) is 98.6 Å². The number of benzene rings is 2. The molecule has 1 spiro atoms. The lowest BCUT2D eigenvalue weighted by molar-refractivity contribution is -0.141. The molecule has 8 heteroatoms. The van der Waals surface area contributed by atoms with Crippen LogP contribution in [0.25, 0.3) is 5.57 Å². The van der Waals surface area contributed by atoms with Gasteiger partial charge in [-0.15, -0.1) is 0 Å². The van der Waals surface area contributed by atoms with Crippen molar-refractivity contribution in [2.45, 2.75) is 51.9 Å². The zero-order valence-corrected chi connectivity index (χ0v) is 24.9. The lowest BCUT2D eigenvalue weighted by Gasteiger charge is -2.20. The first kappa shape index (κ1) is 29.1. The quantitative estimate of drug-likeness (QED) is 0.164. The molecule has 2 fully saturated rings. The van der Waals surface area contributed by atoms with Gasteiger partial charge in [-0.2, -0.15) is 0 Å². The molecule has 224 valence electrons. The highest BCUT2D eigenvalue weighted by atomic mass is 16.5. The Labute approximate surface area is 252 Å². The molecule has 0 radical (unpaired) electrons. The normalized spacial score (nSPS) is 23.4. The second-order valence-corrected chi connectivity index (χ2v) is 11.8. The molecule has 1 saturated carbocycles. The van der Waals surface area contributed by atoms with Crippen LogP contribution in [0.1, 0.15) is 66.4 Å². The fourth-order valence-corrected chi connectivity index (χ4v) is 6.49. The number of ketones is 1. The minimum absolute atomic E-state index is 0.0386. The van der Waals surface area contributed by atoms with Crippen LogP contribution >= 0.6 is 0 Å². The Morgan fingerprint density at radius 3 is 2.70 bits per heavy atom. The molecule has 2 aromatic rings. The largest absolute Gasteiger partial charge is 0.497 e. The number of hydrogen-bond acceptors (Lipinski definition) is 8. The van der Waals surface area contributed by atoms with E-state index in [4.69, 9.17) is 24.2 Å². The fourth-order valence-electron chi connectivity index (χ4n) is 6.49. The maximum Gasteiger partial charge on any atom is 0.309 e. The van der Waals surface area contributed by atoms with Crippen LogP contribution in [0.4, 0.5) is 5.69 Å².